The van der Waals surface area contributed by atoms with Gasteiger partial charge in [0.1, 0.15) is 5.75 Å². The van der Waals surface area contributed by atoms with Crippen molar-refractivity contribution >= 4 is 5.91 Å². The van der Waals surface area contributed by atoms with Crippen molar-refractivity contribution in [1.82, 2.24) is 10.2 Å². The van der Waals surface area contributed by atoms with E-state index in [1.807, 2.05) is 12.1 Å². The zero-order valence-corrected chi connectivity index (χ0v) is 10.9. The Bertz CT molecular complexity index is 434. The molecule has 1 aliphatic rings. The summed E-state index contributed by atoms with van der Waals surface area (Å²) in [6, 6.07) is 7.14. The predicted molar refractivity (Wildman–Crippen MR) is 70.1 cm³/mol. The van der Waals surface area contributed by atoms with Gasteiger partial charge in [-0.1, -0.05) is 25.1 Å². The van der Waals surface area contributed by atoms with Crippen LogP contribution in [0.4, 0.5) is 0 Å². The molecule has 1 saturated heterocycles. The number of nitrogens with one attached hydrogen (secondary N) is 1. The van der Waals surface area contributed by atoms with Crippen molar-refractivity contribution in [2.24, 2.45) is 11.8 Å². The summed E-state index contributed by atoms with van der Waals surface area (Å²) in [6.45, 7) is 4.21. The molecule has 0 unspecified atom stereocenters. The first-order valence-electron chi connectivity index (χ1n) is 6.32. The molecule has 1 heterocycles. The van der Waals surface area contributed by atoms with Gasteiger partial charge in [0.25, 0.3) is 0 Å². The number of nitrogens with zero attached hydrogens (tertiary/aromatic N) is 1. The fourth-order valence-corrected chi connectivity index (χ4v) is 2.40. The van der Waals surface area contributed by atoms with Gasteiger partial charge in [-0.3, -0.25) is 4.79 Å². The van der Waals surface area contributed by atoms with Gasteiger partial charge in [-0.05, 0) is 18.5 Å². The number of hydrogen-bond acceptors (Lipinski definition) is 3. The molecule has 0 saturated carbocycles. The summed E-state index contributed by atoms with van der Waals surface area (Å²) in [4.78, 5) is 14.0. The van der Waals surface area contributed by atoms with Crippen LogP contribution in [0.2, 0.25) is 0 Å². The molecule has 1 aliphatic heterocycles. The van der Waals surface area contributed by atoms with Crippen LogP contribution in [-0.2, 0) is 11.3 Å². The molecule has 4 heteroatoms. The number of hydrogen-bond donors (Lipinski definition) is 2. The van der Waals surface area contributed by atoms with Crippen molar-refractivity contribution in [1.29, 1.82) is 0 Å². The highest BCUT2D eigenvalue weighted by molar-refractivity contribution is 5.79. The van der Waals surface area contributed by atoms with Crippen molar-refractivity contribution in [2.75, 3.05) is 20.1 Å². The van der Waals surface area contributed by atoms with Crippen LogP contribution in [-0.4, -0.2) is 36.1 Å². The van der Waals surface area contributed by atoms with Crippen LogP contribution in [0.1, 0.15) is 12.5 Å². The van der Waals surface area contributed by atoms with Crippen LogP contribution in [0.15, 0.2) is 24.3 Å². The second-order valence-electron chi connectivity index (χ2n) is 5.07. The molecule has 0 spiro atoms. The number of phenols is 1. The molecule has 2 rings (SSSR count). The molecule has 18 heavy (non-hydrogen) atoms. The van der Waals surface area contributed by atoms with E-state index in [-0.39, 0.29) is 17.6 Å². The Morgan fingerprint density at radius 1 is 1.44 bits per heavy atom. The molecule has 0 bridgehead atoms. The third-order valence-electron chi connectivity index (χ3n) is 3.61. The summed E-state index contributed by atoms with van der Waals surface area (Å²) in [5.74, 6) is 0.829. The lowest BCUT2D eigenvalue weighted by molar-refractivity contribution is -0.135. The highest BCUT2D eigenvalue weighted by Crippen LogP contribution is 2.21. The van der Waals surface area contributed by atoms with E-state index in [0.717, 1.165) is 18.7 Å². The van der Waals surface area contributed by atoms with Crippen molar-refractivity contribution < 1.29 is 9.90 Å². The van der Waals surface area contributed by atoms with Gasteiger partial charge in [-0.2, -0.15) is 0 Å². The second kappa shape index (κ2) is 5.40. The summed E-state index contributed by atoms with van der Waals surface area (Å²) in [6.07, 6.45) is 0. The van der Waals surface area contributed by atoms with E-state index in [9.17, 15) is 9.90 Å². The molecule has 0 radical (unpaired) electrons. The zero-order chi connectivity index (χ0) is 13.1. The Morgan fingerprint density at radius 2 is 2.17 bits per heavy atom. The molecule has 0 aliphatic carbocycles. The highest BCUT2D eigenvalue weighted by atomic mass is 16.3. The van der Waals surface area contributed by atoms with Crippen molar-refractivity contribution in [3.05, 3.63) is 29.8 Å². The standard InChI is InChI=1S/C14H20N2O2/c1-10-7-15-8-12(10)14(18)16(2)9-11-5-3-4-6-13(11)17/h3-6,10,12,15,17H,7-9H2,1-2H3/t10-,12-/m1/s1. The molecular formula is C14H20N2O2. The molecule has 1 amide bonds. The van der Waals surface area contributed by atoms with E-state index in [0.29, 0.717) is 12.5 Å². The molecular weight excluding hydrogens is 228 g/mol. The number of para-hydroxylation sites is 1. The summed E-state index contributed by atoms with van der Waals surface area (Å²) >= 11 is 0. The Hall–Kier alpha value is -1.55. The van der Waals surface area contributed by atoms with E-state index in [2.05, 4.69) is 12.2 Å². The quantitative estimate of drug-likeness (QED) is 0.845. The number of rotatable bonds is 3. The number of phenolic OH excluding ortho intramolecular Hbond substituents is 1. The van der Waals surface area contributed by atoms with E-state index in [1.54, 1.807) is 24.1 Å². The lowest BCUT2D eigenvalue weighted by Gasteiger charge is -2.23. The van der Waals surface area contributed by atoms with Crippen LogP contribution >= 0.6 is 0 Å². The normalized spacial score (nSPS) is 23.0. The van der Waals surface area contributed by atoms with Gasteiger partial charge >= 0.3 is 0 Å². The fourth-order valence-electron chi connectivity index (χ4n) is 2.40. The monoisotopic (exact) mass is 248 g/mol. The number of amides is 1. The lowest BCUT2D eigenvalue weighted by atomic mass is 9.96. The minimum atomic E-state index is 0.0563. The first-order valence-corrected chi connectivity index (χ1v) is 6.32. The number of aromatic hydroxyl groups is 1. The first-order chi connectivity index (χ1) is 8.59. The van der Waals surface area contributed by atoms with Gasteiger partial charge in [0.05, 0.1) is 5.92 Å². The Labute approximate surface area is 108 Å². The van der Waals surface area contributed by atoms with E-state index in [1.165, 1.54) is 0 Å². The van der Waals surface area contributed by atoms with E-state index >= 15 is 0 Å². The average Bonchev–Trinajstić information content (AvgIpc) is 2.77. The molecule has 98 valence electrons. The van der Waals surface area contributed by atoms with Crippen molar-refractivity contribution in [3.63, 3.8) is 0 Å². The van der Waals surface area contributed by atoms with Gasteiger partial charge in [-0.15, -0.1) is 0 Å². The first kappa shape index (κ1) is 12.9. The van der Waals surface area contributed by atoms with Crippen LogP contribution in [0.5, 0.6) is 5.75 Å². The highest BCUT2D eigenvalue weighted by Gasteiger charge is 2.31. The van der Waals surface area contributed by atoms with Crippen molar-refractivity contribution in [2.45, 2.75) is 13.5 Å². The maximum Gasteiger partial charge on any atom is 0.227 e. The van der Waals surface area contributed by atoms with Crippen LogP contribution in [0.3, 0.4) is 0 Å². The largest absolute Gasteiger partial charge is 0.508 e. The molecule has 4 nitrogen and oxygen atoms in total. The third-order valence-corrected chi connectivity index (χ3v) is 3.61. The fraction of sp³-hybridized carbons (Fsp3) is 0.500. The van der Waals surface area contributed by atoms with Gasteiger partial charge in [-0.25, -0.2) is 0 Å². The molecule has 1 aromatic carbocycles. The Morgan fingerprint density at radius 3 is 2.78 bits per heavy atom. The number of carbonyl (C=O) groups excluding carboxylic acids is 1. The minimum absolute atomic E-state index is 0.0563. The number of benzene rings is 1. The molecule has 2 atom stereocenters. The third kappa shape index (κ3) is 2.64. The predicted octanol–water partition coefficient (Wildman–Crippen LogP) is 1.21. The van der Waals surface area contributed by atoms with Crippen LogP contribution in [0.25, 0.3) is 0 Å². The molecule has 1 aromatic rings. The van der Waals surface area contributed by atoms with E-state index in [4.69, 9.17) is 0 Å². The topological polar surface area (TPSA) is 52.6 Å². The SMILES string of the molecule is C[C@@H]1CNC[C@H]1C(=O)N(C)Cc1ccccc1O. The average molecular weight is 248 g/mol. The number of carbonyl (C=O) groups is 1. The Balaban J connectivity index is 2.01. The van der Waals surface area contributed by atoms with Gasteiger partial charge in [0.15, 0.2) is 0 Å². The summed E-state index contributed by atoms with van der Waals surface area (Å²) in [5.41, 5.74) is 0.784. The maximum atomic E-state index is 12.3. The Kier molecular flexibility index (Phi) is 3.87. The summed E-state index contributed by atoms with van der Waals surface area (Å²) in [5, 5.41) is 12.9. The summed E-state index contributed by atoms with van der Waals surface area (Å²) < 4.78 is 0. The van der Waals surface area contributed by atoms with Gasteiger partial charge in [0.2, 0.25) is 5.91 Å². The van der Waals surface area contributed by atoms with Crippen LogP contribution < -0.4 is 5.32 Å². The van der Waals surface area contributed by atoms with E-state index < -0.39 is 0 Å². The van der Waals surface area contributed by atoms with Crippen LogP contribution in [0, 0.1) is 11.8 Å². The smallest absolute Gasteiger partial charge is 0.227 e. The summed E-state index contributed by atoms with van der Waals surface area (Å²) in [7, 11) is 1.79. The molecule has 1 fully saturated rings. The maximum absolute atomic E-state index is 12.3. The van der Waals surface area contributed by atoms with Crippen molar-refractivity contribution in [3.8, 4) is 5.75 Å². The lowest BCUT2D eigenvalue weighted by Crippen LogP contribution is -2.35. The zero-order valence-electron chi connectivity index (χ0n) is 10.9. The van der Waals surface area contributed by atoms with Gasteiger partial charge < -0.3 is 15.3 Å². The molecule has 2 N–H and O–H groups in total. The molecule has 0 aromatic heterocycles. The minimum Gasteiger partial charge on any atom is -0.508 e. The van der Waals surface area contributed by atoms with Gasteiger partial charge in [0, 0.05) is 25.7 Å². The second-order valence-corrected chi connectivity index (χ2v) is 5.07.